The lowest BCUT2D eigenvalue weighted by Gasteiger charge is -2.20. The number of hydrogen-bond acceptors (Lipinski definition) is 4. The third-order valence-electron chi connectivity index (χ3n) is 2.27. The largest absolute Gasteiger partial charge is 0.486 e. The van der Waals surface area contributed by atoms with Gasteiger partial charge in [0.15, 0.2) is 11.5 Å². The summed E-state index contributed by atoms with van der Waals surface area (Å²) in [5, 5.41) is 11.8. The van der Waals surface area contributed by atoms with E-state index in [4.69, 9.17) is 14.6 Å². The number of benzene rings is 1. The van der Waals surface area contributed by atoms with Crippen molar-refractivity contribution in [3.05, 3.63) is 22.2 Å². The molecule has 0 saturated carbocycles. The fraction of sp³-hybridized carbons (Fsp3) is 0.455. The van der Waals surface area contributed by atoms with E-state index >= 15 is 0 Å². The van der Waals surface area contributed by atoms with Crippen molar-refractivity contribution in [2.75, 3.05) is 26.4 Å². The van der Waals surface area contributed by atoms with Crippen LogP contribution in [0.2, 0.25) is 0 Å². The molecule has 1 aromatic rings. The van der Waals surface area contributed by atoms with E-state index in [0.29, 0.717) is 26.3 Å². The highest BCUT2D eigenvalue weighted by Gasteiger charge is 2.15. The highest BCUT2D eigenvalue weighted by molar-refractivity contribution is 9.10. The van der Waals surface area contributed by atoms with Crippen LogP contribution in [0.5, 0.6) is 11.5 Å². The molecule has 0 amide bonds. The summed E-state index contributed by atoms with van der Waals surface area (Å²) in [4.78, 5) is 0. The van der Waals surface area contributed by atoms with Gasteiger partial charge in [-0.1, -0.05) is 0 Å². The fourth-order valence-corrected chi connectivity index (χ4v) is 2.18. The van der Waals surface area contributed by atoms with E-state index < -0.39 is 0 Å². The number of ether oxygens (including phenoxy) is 2. The number of aliphatic hydroxyl groups excluding tert-OH is 1. The topological polar surface area (TPSA) is 50.7 Å². The third-order valence-corrected chi connectivity index (χ3v) is 2.86. The smallest absolute Gasteiger partial charge is 0.175 e. The monoisotopic (exact) mass is 287 g/mol. The summed E-state index contributed by atoms with van der Waals surface area (Å²) < 4.78 is 11.9. The molecule has 16 heavy (non-hydrogen) atoms. The summed E-state index contributed by atoms with van der Waals surface area (Å²) in [6.07, 6.45) is 0. The van der Waals surface area contributed by atoms with E-state index in [-0.39, 0.29) is 6.61 Å². The molecule has 5 heteroatoms. The second-order valence-corrected chi connectivity index (χ2v) is 4.36. The normalized spacial score (nSPS) is 13.9. The second-order valence-electron chi connectivity index (χ2n) is 3.50. The van der Waals surface area contributed by atoms with Gasteiger partial charge < -0.3 is 19.9 Å². The van der Waals surface area contributed by atoms with E-state index in [2.05, 4.69) is 21.2 Å². The lowest BCUT2D eigenvalue weighted by atomic mass is 10.2. The van der Waals surface area contributed by atoms with Gasteiger partial charge in [-0.2, -0.15) is 0 Å². The van der Waals surface area contributed by atoms with Gasteiger partial charge in [0.05, 0.1) is 11.1 Å². The van der Waals surface area contributed by atoms with E-state index in [1.54, 1.807) is 0 Å². The van der Waals surface area contributed by atoms with E-state index in [1.165, 1.54) is 0 Å². The molecule has 0 bridgehead atoms. The Balaban J connectivity index is 2.12. The number of halogens is 1. The maximum absolute atomic E-state index is 8.67. The predicted molar refractivity (Wildman–Crippen MR) is 63.9 cm³/mol. The summed E-state index contributed by atoms with van der Waals surface area (Å²) in [5.74, 6) is 1.55. The van der Waals surface area contributed by atoms with Crippen molar-refractivity contribution in [3.63, 3.8) is 0 Å². The van der Waals surface area contributed by atoms with E-state index in [1.807, 2.05) is 12.1 Å². The summed E-state index contributed by atoms with van der Waals surface area (Å²) in [7, 11) is 0. The zero-order chi connectivity index (χ0) is 11.4. The molecular weight excluding hydrogens is 274 g/mol. The van der Waals surface area contributed by atoms with Crippen LogP contribution in [0.4, 0.5) is 0 Å². The van der Waals surface area contributed by atoms with Gasteiger partial charge in [0.1, 0.15) is 13.2 Å². The number of nitrogens with one attached hydrogen (secondary N) is 1. The Bertz CT molecular complexity index is 370. The average Bonchev–Trinajstić information content (AvgIpc) is 2.30. The predicted octanol–water partition coefficient (Wildman–Crippen LogP) is 1.30. The lowest BCUT2D eigenvalue weighted by Crippen LogP contribution is -2.19. The Morgan fingerprint density at radius 3 is 2.94 bits per heavy atom. The van der Waals surface area contributed by atoms with Crippen LogP contribution < -0.4 is 14.8 Å². The van der Waals surface area contributed by atoms with Crippen LogP contribution in [0.15, 0.2) is 16.6 Å². The van der Waals surface area contributed by atoms with Gasteiger partial charge in [-0.15, -0.1) is 0 Å². The van der Waals surface area contributed by atoms with Gasteiger partial charge in [-0.05, 0) is 33.6 Å². The first-order chi connectivity index (χ1) is 7.81. The molecule has 2 N–H and O–H groups in total. The quantitative estimate of drug-likeness (QED) is 0.820. The van der Waals surface area contributed by atoms with Crippen LogP contribution in [-0.4, -0.2) is 31.5 Å². The van der Waals surface area contributed by atoms with Crippen molar-refractivity contribution in [1.29, 1.82) is 0 Å². The van der Waals surface area contributed by atoms with Crippen molar-refractivity contribution >= 4 is 15.9 Å². The van der Waals surface area contributed by atoms with Gasteiger partial charge in [0.2, 0.25) is 0 Å². The minimum atomic E-state index is 0.145. The summed E-state index contributed by atoms with van der Waals surface area (Å²) in [6, 6.07) is 3.96. The van der Waals surface area contributed by atoms with Gasteiger partial charge in [-0.3, -0.25) is 0 Å². The van der Waals surface area contributed by atoms with Gasteiger partial charge in [0, 0.05) is 13.1 Å². The lowest BCUT2D eigenvalue weighted by molar-refractivity contribution is 0.170. The van der Waals surface area contributed by atoms with E-state index in [9.17, 15) is 0 Å². The summed E-state index contributed by atoms with van der Waals surface area (Å²) >= 11 is 3.46. The molecule has 2 rings (SSSR count). The Morgan fingerprint density at radius 1 is 1.31 bits per heavy atom. The molecule has 0 aliphatic carbocycles. The molecule has 0 unspecified atom stereocenters. The molecule has 88 valence electrons. The molecule has 1 aliphatic heterocycles. The molecule has 1 aromatic carbocycles. The number of hydrogen-bond donors (Lipinski definition) is 2. The van der Waals surface area contributed by atoms with Crippen LogP contribution in [0.1, 0.15) is 5.56 Å². The zero-order valence-electron chi connectivity index (χ0n) is 8.83. The number of aliphatic hydroxyl groups is 1. The minimum absolute atomic E-state index is 0.145. The first kappa shape index (κ1) is 11.7. The van der Waals surface area contributed by atoms with Crippen molar-refractivity contribution in [2.24, 2.45) is 0 Å². The van der Waals surface area contributed by atoms with E-state index in [0.717, 1.165) is 21.5 Å². The van der Waals surface area contributed by atoms with Crippen LogP contribution in [0, 0.1) is 0 Å². The van der Waals surface area contributed by atoms with Gasteiger partial charge >= 0.3 is 0 Å². The fourth-order valence-electron chi connectivity index (χ4n) is 1.58. The summed E-state index contributed by atoms with van der Waals surface area (Å²) in [5.41, 5.74) is 1.10. The van der Waals surface area contributed by atoms with Crippen LogP contribution in [-0.2, 0) is 6.54 Å². The van der Waals surface area contributed by atoms with Crippen LogP contribution >= 0.6 is 15.9 Å². The van der Waals surface area contributed by atoms with Crippen molar-refractivity contribution in [1.82, 2.24) is 5.32 Å². The number of rotatable bonds is 4. The van der Waals surface area contributed by atoms with Crippen molar-refractivity contribution in [2.45, 2.75) is 6.54 Å². The standard InChI is InChI=1S/C11H14BrNO3/c12-9-5-8(7-13-1-2-14)6-10-11(9)16-4-3-15-10/h5-6,13-14H,1-4,7H2. The Morgan fingerprint density at radius 2 is 2.12 bits per heavy atom. The minimum Gasteiger partial charge on any atom is -0.486 e. The molecule has 4 nitrogen and oxygen atoms in total. The summed E-state index contributed by atoms with van der Waals surface area (Å²) in [6.45, 7) is 2.62. The van der Waals surface area contributed by atoms with Crippen LogP contribution in [0.25, 0.3) is 0 Å². The SMILES string of the molecule is OCCNCc1cc(Br)c2c(c1)OCCO2. The average molecular weight is 288 g/mol. The highest BCUT2D eigenvalue weighted by atomic mass is 79.9. The van der Waals surface area contributed by atoms with Crippen LogP contribution in [0.3, 0.4) is 0 Å². The molecule has 0 saturated heterocycles. The highest BCUT2D eigenvalue weighted by Crippen LogP contribution is 2.38. The van der Waals surface area contributed by atoms with Gasteiger partial charge in [-0.25, -0.2) is 0 Å². The number of fused-ring (bicyclic) bond motifs is 1. The molecule has 1 heterocycles. The Hall–Kier alpha value is -0.780. The zero-order valence-corrected chi connectivity index (χ0v) is 10.4. The third kappa shape index (κ3) is 2.66. The molecule has 0 aromatic heterocycles. The molecule has 0 fully saturated rings. The molecule has 0 atom stereocenters. The second kappa shape index (κ2) is 5.52. The Kier molecular flexibility index (Phi) is 4.04. The molecular formula is C11H14BrNO3. The Labute approximate surface area is 103 Å². The molecule has 0 radical (unpaired) electrons. The molecule has 0 spiro atoms. The van der Waals surface area contributed by atoms with Crippen molar-refractivity contribution in [3.8, 4) is 11.5 Å². The maximum Gasteiger partial charge on any atom is 0.175 e. The first-order valence-corrected chi connectivity index (χ1v) is 6.00. The maximum atomic E-state index is 8.67. The molecule has 1 aliphatic rings. The first-order valence-electron chi connectivity index (χ1n) is 5.21. The van der Waals surface area contributed by atoms with Gasteiger partial charge in [0.25, 0.3) is 0 Å². The van der Waals surface area contributed by atoms with Crippen molar-refractivity contribution < 1.29 is 14.6 Å².